The summed E-state index contributed by atoms with van der Waals surface area (Å²) >= 11 is 0. The molecule has 0 unspecified atom stereocenters. The van der Waals surface area contributed by atoms with Crippen LogP contribution in [0.25, 0.3) is 0 Å². The van der Waals surface area contributed by atoms with Crippen LogP contribution in [0.5, 0.6) is 0 Å². The fraction of sp³-hybridized carbons (Fsp3) is 0.211. The lowest BCUT2D eigenvalue weighted by atomic mass is 10.3. The average molecular weight is 425 g/mol. The van der Waals surface area contributed by atoms with Crippen LogP contribution in [-0.4, -0.2) is 64.7 Å². The second-order valence-corrected chi connectivity index (χ2v) is 8.45. The van der Waals surface area contributed by atoms with Crippen molar-refractivity contribution >= 4 is 27.6 Å². The highest BCUT2D eigenvalue weighted by molar-refractivity contribution is 7.89. The summed E-state index contributed by atoms with van der Waals surface area (Å²) in [6.07, 6.45) is 7.40. The number of rotatable bonds is 5. The Kier molecular flexibility index (Phi) is 5.63. The van der Waals surface area contributed by atoms with E-state index in [4.69, 9.17) is 0 Å². The molecule has 1 saturated heterocycles. The van der Waals surface area contributed by atoms with E-state index in [-0.39, 0.29) is 10.6 Å². The van der Waals surface area contributed by atoms with Gasteiger partial charge in [-0.3, -0.25) is 14.8 Å². The predicted octanol–water partition coefficient (Wildman–Crippen LogP) is 1.03. The van der Waals surface area contributed by atoms with E-state index >= 15 is 0 Å². The summed E-state index contributed by atoms with van der Waals surface area (Å²) in [6, 6.07) is 8.33. The third-order valence-corrected chi connectivity index (χ3v) is 6.48. The van der Waals surface area contributed by atoms with Crippen LogP contribution in [0, 0.1) is 0 Å². The molecule has 0 radical (unpaired) electrons. The number of hydrogen-bond donors (Lipinski definition) is 1. The molecular formula is C19H19N7O3S. The molecule has 3 aromatic heterocycles. The maximum absolute atomic E-state index is 12.7. The number of anilines is 2. The zero-order valence-corrected chi connectivity index (χ0v) is 16.7. The van der Waals surface area contributed by atoms with E-state index < -0.39 is 15.9 Å². The normalized spacial score (nSPS) is 15.0. The van der Waals surface area contributed by atoms with Crippen molar-refractivity contribution in [2.24, 2.45) is 0 Å². The number of aromatic nitrogens is 4. The third kappa shape index (κ3) is 4.26. The second-order valence-electron chi connectivity index (χ2n) is 6.51. The largest absolute Gasteiger partial charge is 0.353 e. The predicted molar refractivity (Wildman–Crippen MR) is 109 cm³/mol. The maximum atomic E-state index is 12.7. The van der Waals surface area contributed by atoms with Crippen LogP contribution in [0.1, 0.15) is 10.5 Å². The molecule has 0 spiro atoms. The Morgan fingerprint density at radius 3 is 2.47 bits per heavy atom. The van der Waals surface area contributed by atoms with E-state index in [1.165, 1.54) is 29.0 Å². The van der Waals surface area contributed by atoms with Crippen molar-refractivity contribution in [2.75, 3.05) is 36.4 Å². The molecule has 1 aliphatic rings. The van der Waals surface area contributed by atoms with E-state index in [1.807, 2.05) is 4.90 Å². The van der Waals surface area contributed by atoms with Gasteiger partial charge >= 0.3 is 0 Å². The Balaban J connectivity index is 1.43. The summed E-state index contributed by atoms with van der Waals surface area (Å²) in [7, 11) is -3.59. The number of pyridine rings is 2. The topological polar surface area (TPSA) is 121 Å². The Morgan fingerprint density at radius 1 is 0.933 bits per heavy atom. The number of carbonyl (C=O) groups excluding carboxylic acids is 1. The van der Waals surface area contributed by atoms with Crippen LogP contribution >= 0.6 is 0 Å². The standard InChI is InChI=1S/C19H19N7O3S/c27-19(24-17-5-1-2-7-22-17)16-13-21-14-18(23-16)25-8-10-26(11-9-25)30(28,29)15-4-3-6-20-12-15/h1-7,12-14H,8-11H2,(H,22,24,27). The molecule has 0 aliphatic carbocycles. The van der Waals surface area contributed by atoms with Gasteiger partial charge in [-0.15, -0.1) is 0 Å². The minimum atomic E-state index is -3.59. The van der Waals surface area contributed by atoms with Crippen molar-refractivity contribution in [2.45, 2.75) is 4.90 Å². The van der Waals surface area contributed by atoms with Crippen molar-refractivity contribution in [3.63, 3.8) is 0 Å². The first-order valence-electron chi connectivity index (χ1n) is 9.23. The lowest BCUT2D eigenvalue weighted by Crippen LogP contribution is -2.49. The number of amides is 1. The molecule has 1 fully saturated rings. The van der Waals surface area contributed by atoms with Gasteiger partial charge in [-0.2, -0.15) is 4.31 Å². The molecule has 0 aromatic carbocycles. The van der Waals surface area contributed by atoms with Crippen LogP contribution in [0.15, 0.2) is 66.2 Å². The van der Waals surface area contributed by atoms with Crippen LogP contribution in [-0.2, 0) is 10.0 Å². The number of sulfonamides is 1. The van der Waals surface area contributed by atoms with E-state index in [0.717, 1.165) is 0 Å². The maximum Gasteiger partial charge on any atom is 0.277 e. The molecule has 11 heteroatoms. The molecular weight excluding hydrogens is 406 g/mol. The Morgan fingerprint density at radius 2 is 1.77 bits per heavy atom. The fourth-order valence-corrected chi connectivity index (χ4v) is 4.43. The van der Waals surface area contributed by atoms with Gasteiger partial charge < -0.3 is 10.2 Å². The molecule has 0 bridgehead atoms. The quantitative estimate of drug-likeness (QED) is 0.643. The molecule has 3 aromatic rings. The summed E-state index contributed by atoms with van der Waals surface area (Å²) in [4.78, 5) is 30.9. The van der Waals surface area contributed by atoms with Crippen LogP contribution in [0.2, 0.25) is 0 Å². The average Bonchev–Trinajstić information content (AvgIpc) is 2.80. The van der Waals surface area contributed by atoms with E-state index in [1.54, 1.807) is 36.7 Å². The van der Waals surface area contributed by atoms with Crippen LogP contribution in [0.4, 0.5) is 11.6 Å². The molecule has 30 heavy (non-hydrogen) atoms. The Hall–Kier alpha value is -3.44. The molecule has 154 valence electrons. The fourth-order valence-electron chi connectivity index (χ4n) is 3.04. The zero-order chi connectivity index (χ0) is 21.0. The minimum Gasteiger partial charge on any atom is -0.353 e. The van der Waals surface area contributed by atoms with Gasteiger partial charge in [-0.1, -0.05) is 6.07 Å². The van der Waals surface area contributed by atoms with Crippen molar-refractivity contribution in [1.82, 2.24) is 24.2 Å². The van der Waals surface area contributed by atoms with Gasteiger partial charge in [0, 0.05) is 44.8 Å². The smallest absolute Gasteiger partial charge is 0.277 e. The van der Waals surface area contributed by atoms with Gasteiger partial charge in [0.25, 0.3) is 5.91 Å². The number of carbonyl (C=O) groups is 1. The van der Waals surface area contributed by atoms with Gasteiger partial charge in [0.2, 0.25) is 10.0 Å². The summed E-state index contributed by atoms with van der Waals surface area (Å²) in [5.74, 6) is 0.520. The van der Waals surface area contributed by atoms with E-state index in [0.29, 0.717) is 37.8 Å². The highest BCUT2D eigenvalue weighted by Gasteiger charge is 2.29. The van der Waals surface area contributed by atoms with E-state index in [9.17, 15) is 13.2 Å². The summed E-state index contributed by atoms with van der Waals surface area (Å²) < 4.78 is 26.9. The highest BCUT2D eigenvalue weighted by Crippen LogP contribution is 2.19. The third-order valence-electron chi connectivity index (χ3n) is 4.60. The first kappa shape index (κ1) is 19.9. The Labute approximate surface area is 173 Å². The molecule has 4 heterocycles. The van der Waals surface area contributed by atoms with Gasteiger partial charge in [0.1, 0.15) is 22.2 Å². The minimum absolute atomic E-state index is 0.156. The highest BCUT2D eigenvalue weighted by atomic mass is 32.2. The summed E-state index contributed by atoms with van der Waals surface area (Å²) in [6.45, 7) is 1.45. The lowest BCUT2D eigenvalue weighted by Gasteiger charge is -2.34. The number of nitrogens with one attached hydrogen (secondary N) is 1. The molecule has 4 rings (SSSR count). The summed E-state index contributed by atoms with van der Waals surface area (Å²) in [5, 5.41) is 2.67. The molecule has 1 amide bonds. The molecule has 1 N–H and O–H groups in total. The second kappa shape index (κ2) is 8.51. The van der Waals surface area contributed by atoms with Crippen molar-refractivity contribution < 1.29 is 13.2 Å². The molecule has 0 saturated carbocycles. The van der Waals surface area contributed by atoms with Crippen molar-refractivity contribution in [1.29, 1.82) is 0 Å². The molecule has 0 atom stereocenters. The molecule has 10 nitrogen and oxygen atoms in total. The van der Waals surface area contributed by atoms with Gasteiger partial charge in [-0.25, -0.2) is 18.4 Å². The first-order valence-corrected chi connectivity index (χ1v) is 10.7. The number of piperazine rings is 1. The van der Waals surface area contributed by atoms with Gasteiger partial charge in [0.15, 0.2) is 0 Å². The SMILES string of the molecule is O=C(Nc1ccccn1)c1cncc(N2CCN(S(=O)(=O)c3cccnc3)CC2)n1. The number of nitrogens with zero attached hydrogens (tertiary/aromatic N) is 6. The van der Waals surface area contributed by atoms with Crippen LogP contribution in [0.3, 0.4) is 0 Å². The van der Waals surface area contributed by atoms with Crippen LogP contribution < -0.4 is 10.2 Å². The zero-order valence-electron chi connectivity index (χ0n) is 15.9. The summed E-state index contributed by atoms with van der Waals surface area (Å²) in [5.41, 5.74) is 0.156. The monoisotopic (exact) mass is 425 g/mol. The lowest BCUT2D eigenvalue weighted by molar-refractivity contribution is 0.102. The first-order chi connectivity index (χ1) is 14.5. The van der Waals surface area contributed by atoms with Gasteiger partial charge in [0.05, 0.1) is 12.4 Å². The van der Waals surface area contributed by atoms with Crippen molar-refractivity contribution in [3.8, 4) is 0 Å². The number of hydrogen-bond acceptors (Lipinski definition) is 8. The van der Waals surface area contributed by atoms with Gasteiger partial charge in [-0.05, 0) is 24.3 Å². The Bertz CT molecular complexity index is 1120. The van der Waals surface area contributed by atoms with E-state index in [2.05, 4.69) is 25.3 Å². The van der Waals surface area contributed by atoms with Crippen molar-refractivity contribution in [3.05, 3.63) is 67.0 Å². The molecule has 1 aliphatic heterocycles.